The number of hydrogen-bond donors (Lipinski definition) is 0. The van der Waals surface area contributed by atoms with Crippen molar-refractivity contribution in [3.63, 3.8) is 0 Å². The smallest absolute Gasteiger partial charge is 0.336 e. The highest BCUT2D eigenvalue weighted by Crippen LogP contribution is 2.18. The maximum atomic E-state index is 13.0. The van der Waals surface area contributed by atoms with Crippen LogP contribution in [-0.4, -0.2) is 5.97 Å². The van der Waals surface area contributed by atoms with Gasteiger partial charge in [0.15, 0.2) is 0 Å². The Balaban J connectivity index is 2.53. The number of hydrogen-bond acceptors (Lipinski definition) is 4. The number of benzene rings is 1. The molecule has 0 N–H and O–H groups in total. The normalized spacial score (nSPS) is 10.5. The van der Waals surface area contributed by atoms with Crippen LogP contribution in [0.25, 0.3) is 11.0 Å². The Morgan fingerprint density at radius 3 is 2.88 bits per heavy atom. The summed E-state index contributed by atoms with van der Waals surface area (Å²) in [6, 6.07) is 5.07. The standard InChI is InChI=1S/C12H9FO4/c1-7(14)16-6-8-4-12(15)17-11-5-9(13)2-3-10(8)11/h2-5H,6H2,1H3. The molecule has 1 heterocycles. The summed E-state index contributed by atoms with van der Waals surface area (Å²) in [5.41, 5.74) is 0.0244. The summed E-state index contributed by atoms with van der Waals surface area (Å²) in [5.74, 6) is -0.946. The lowest BCUT2D eigenvalue weighted by atomic mass is 10.1. The Kier molecular flexibility index (Phi) is 2.91. The summed E-state index contributed by atoms with van der Waals surface area (Å²) in [4.78, 5) is 21.9. The largest absolute Gasteiger partial charge is 0.461 e. The molecule has 0 bridgehead atoms. The summed E-state index contributed by atoms with van der Waals surface area (Å²) in [5, 5.41) is 0.548. The molecule has 4 nitrogen and oxygen atoms in total. The van der Waals surface area contributed by atoms with Gasteiger partial charge < -0.3 is 9.15 Å². The highest BCUT2D eigenvalue weighted by Gasteiger charge is 2.07. The Bertz CT molecular complexity index is 630. The first-order chi connectivity index (χ1) is 8.06. The summed E-state index contributed by atoms with van der Waals surface area (Å²) in [6.07, 6.45) is 0. The van der Waals surface area contributed by atoms with E-state index in [1.54, 1.807) is 0 Å². The molecule has 5 heteroatoms. The van der Waals surface area contributed by atoms with E-state index < -0.39 is 17.4 Å². The fourth-order valence-corrected chi connectivity index (χ4v) is 1.50. The van der Waals surface area contributed by atoms with E-state index in [2.05, 4.69) is 0 Å². The van der Waals surface area contributed by atoms with Crippen molar-refractivity contribution in [2.24, 2.45) is 0 Å². The van der Waals surface area contributed by atoms with E-state index in [1.807, 2.05) is 0 Å². The minimum absolute atomic E-state index is 0.0386. The van der Waals surface area contributed by atoms with Crippen LogP contribution >= 0.6 is 0 Å². The second kappa shape index (κ2) is 4.37. The molecule has 0 radical (unpaired) electrons. The third-order valence-corrected chi connectivity index (χ3v) is 2.22. The number of carbonyl (C=O) groups is 1. The predicted molar refractivity (Wildman–Crippen MR) is 57.9 cm³/mol. The fraction of sp³-hybridized carbons (Fsp3) is 0.167. The van der Waals surface area contributed by atoms with Crippen molar-refractivity contribution in [3.8, 4) is 0 Å². The molecule has 88 valence electrons. The average Bonchev–Trinajstić information content (AvgIpc) is 2.24. The molecule has 0 atom stereocenters. The molecule has 0 spiro atoms. The Morgan fingerprint density at radius 1 is 1.41 bits per heavy atom. The van der Waals surface area contributed by atoms with Gasteiger partial charge in [-0.15, -0.1) is 0 Å². The lowest BCUT2D eigenvalue weighted by Gasteiger charge is -2.05. The van der Waals surface area contributed by atoms with Gasteiger partial charge in [-0.3, -0.25) is 4.79 Å². The fourth-order valence-electron chi connectivity index (χ4n) is 1.50. The van der Waals surface area contributed by atoms with E-state index in [0.29, 0.717) is 10.9 Å². The molecule has 0 unspecified atom stereocenters. The maximum absolute atomic E-state index is 13.0. The number of esters is 1. The summed E-state index contributed by atoms with van der Waals surface area (Å²) in [6.45, 7) is 1.23. The average molecular weight is 236 g/mol. The van der Waals surface area contributed by atoms with Gasteiger partial charge in [-0.05, 0) is 12.1 Å². The Labute approximate surface area is 95.6 Å². The van der Waals surface area contributed by atoms with Crippen molar-refractivity contribution in [1.29, 1.82) is 0 Å². The second-order valence-electron chi connectivity index (χ2n) is 3.51. The molecular weight excluding hydrogens is 227 g/mol. The molecule has 2 rings (SSSR count). The highest BCUT2D eigenvalue weighted by atomic mass is 19.1. The molecule has 17 heavy (non-hydrogen) atoms. The first-order valence-electron chi connectivity index (χ1n) is 4.92. The van der Waals surface area contributed by atoms with Crippen LogP contribution in [0.5, 0.6) is 0 Å². The van der Waals surface area contributed by atoms with Crippen LogP contribution < -0.4 is 5.63 Å². The number of halogens is 1. The molecule has 0 aliphatic heterocycles. The monoisotopic (exact) mass is 236 g/mol. The molecule has 0 amide bonds. The molecule has 2 aromatic rings. The predicted octanol–water partition coefficient (Wildman–Crippen LogP) is 2.00. The van der Waals surface area contributed by atoms with Gasteiger partial charge in [-0.25, -0.2) is 9.18 Å². The SMILES string of the molecule is CC(=O)OCc1cc(=O)oc2cc(F)ccc12. The van der Waals surface area contributed by atoms with Crippen molar-refractivity contribution in [1.82, 2.24) is 0 Å². The molecular formula is C12H9FO4. The Morgan fingerprint density at radius 2 is 2.18 bits per heavy atom. The van der Waals surface area contributed by atoms with Gasteiger partial charge in [0.1, 0.15) is 18.0 Å². The van der Waals surface area contributed by atoms with Crippen molar-refractivity contribution in [2.45, 2.75) is 13.5 Å². The molecule has 0 fully saturated rings. The first kappa shape index (κ1) is 11.3. The van der Waals surface area contributed by atoms with Gasteiger partial charge in [0.25, 0.3) is 0 Å². The number of fused-ring (bicyclic) bond motifs is 1. The zero-order valence-corrected chi connectivity index (χ0v) is 9.03. The maximum Gasteiger partial charge on any atom is 0.336 e. The van der Waals surface area contributed by atoms with E-state index in [-0.39, 0.29) is 12.2 Å². The van der Waals surface area contributed by atoms with Crippen LogP contribution in [0.4, 0.5) is 4.39 Å². The zero-order valence-electron chi connectivity index (χ0n) is 9.03. The second-order valence-corrected chi connectivity index (χ2v) is 3.51. The number of carbonyl (C=O) groups excluding carboxylic acids is 1. The van der Waals surface area contributed by atoms with Gasteiger partial charge in [0.05, 0.1) is 0 Å². The van der Waals surface area contributed by atoms with Crippen molar-refractivity contribution >= 4 is 16.9 Å². The van der Waals surface area contributed by atoms with Crippen molar-refractivity contribution in [2.75, 3.05) is 0 Å². The van der Waals surface area contributed by atoms with Crippen LogP contribution in [0.1, 0.15) is 12.5 Å². The highest BCUT2D eigenvalue weighted by molar-refractivity contribution is 5.80. The molecule has 0 aliphatic carbocycles. The van der Waals surface area contributed by atoms with Gasteiger partial charge >= 0.3 is 11.6 Å². The Hall–Kier alpha value is -2.17. The molecule has 1 aromatic carbocycles. The van der Waals surface area contributed by atoms with Crippen LogP contribution in [0.3, 0.4) is 0 Å². The molecule has 0 saturated carbocycles. The summed E-state index contributed by atoms with van der Waals surface area (Å²) >= 11 is 0. The van der Waals surface area contributed by atoms with Gasteiger partial charge in [-0.2, -0.15) is 0 Å². The van der Waals surface area contributed by atoms with E-state index in [9.17, 15) is 14.0 Å². The third-order valence-electron chi connectivity index (χ3n) is 2.22. The van der Waals surface area contributed by atoms with Crippen molar-refractivity contribution in [3.05, 3.63) is 46.1 Å². The summed E-state index contributed by atoms with van der Waals surface area (Å²) in [7, 11) is 0. The molecule has 0 saturated heterocycles. The van der Waals surface area contributed by atoms with Gasteiger partial charge in [-0.1, -0.05) is 0 Å². The lowest BCUT2D eigenvalue weighted by molar-refractivity contribution is -0.142. The number of ether oxygens (including phenoxy) is 1. The topological polar surface area (TPSA) is 56.5 Å². The first-order valence-corrected chi connectivity index (χ1v) is 4.92. The van der Waals surface area contributed by atoms with E-state index in [1.165, 1.54) is 25.1 Å². The zero-order chi connectivity index (χ0) is 12.4. The van der Waals surface area contributed by atoms with Crippen LogP contribution in [0.15, 0.2) is 33.5 Å². The van der Waals surface area contributed by atoms with E-state index in [0.717, 1.165) is 6.07 Å². The summed E-state index contributed by atoms with van der Waals surface area (Å²) < 4.78 is 22.6. The minimum atomic E-state index is -0.606. The molecule has 1 aromatic heterocycles. The van der Waals surface area contributed by atoms with Crippen LogP contribution in [-0.2, 0) is 16.1 Å². The molecule has 0 aliphatic rings. The lowest BCUT2D eigenvalue weighted by Crippen LogP contribution is -2.04. The minimum Gasteiger partial charge on any atom is -0.461 e. The third kappa shape index (κ3) is 2.50. The van der Waals surface area contributed by atoms with Gasteiger partial charge in [0, 0.05) is 30.0 Å². The van der Waals surface area contributed by atoms with E-state index >= 15 is 0 Å². The van der Waals surface area contributed by atoms with Crippen LogP contribution in [0.2, 0.25) is 0 Å². The van der Waals surface area contributed by atoms with Gasteiger partial charge in [0.2, 0.25) is 0 Å². The van der Waals surface area contributed by atoms with E-state index in [4.69, 9.17) is 9.15 Å². The van der Waals surface area contributed by atoms with Crippen LogP contribution in [0, 0.1) is 5.82 Å². The quantitative estimate of drug-likeness (QED) is 0.591. The van der Waals surface area contributed by atoms with Crippen molar-refractivity contribution < 1.29 is 18.3 Å². The number of rotatable bonds is 2.